The predicted octanol–water partition coefficient (Wildman–Crippen LogP) is 0.575. The lowest BCUT2D eigenvalue weighted by Gasteiger charge is -2.31. The van der Waals surface area contributed by atoms with Gasteiger partial charge in [-0.1, -0.05) is 0 Å². The average Bonchev–Trinajstić information content (AvgIpc) is 2.81. The van der Waals surface area contributed by atoms with Gasteiger partial charge in [0.15, 0.2) is 0 Å². The maximum atomic E-state index is 12.2. The van der Waals surface area contributed by atoms with Crippen LogP contribution in [0, 0.1) is 6.92 Å². The Bertz CT molecular complexity index is 630. The molecule has 21 heavy (non-hydrogen) atoms. The first-order chi connectivity index (χ1) is 9.73. The molecule has 1 saturated heterocycles. The third-order valence-corrected chi connectivity index (χ3v) is 6.08. The standard InChI is InChI=1S/C12H17NO6S2/c1-8-10(6-9(20-8)11(14)15)21(17,18)13-7-12(16)2-4-19-5-3-12/h6,13,16H,2-5,7H2,1H3,(H,14,15). The summed E-state index contributed by atoms with van der Waals surface area (Å²) < 4.78 is 32.0. The Hall–Kier alpha value is -1.00. The zero-order valence-corrected chi connectivity index (χ0v) is 13.1. The number of hydrogen-bond donors (Lipinski definition) is 3. The first-order valence-electron chi connectivity index (χ1n) is 6.37. The van der Waals surface area contributed by atoms with E-state index in [1.54, 1.807) is 6.92 Å². The van der Waals surface area contributed by atoms with Crippen LogP contribution in [0.3, 0.4) is 0 Å². The van der Waals surface area contributed by atoms with Gasteiger partial charge in [0.25, 0.3) is 0 Å². The van der Waals surface area contributed by atoms with Crippen LogP contribution >= 0.6 is 11.3 Å². The minimum absolute atomic E-state index is 0.0300. The molecular formula is C12H17NO6S2. The fourth-order valence-electron chi connectivity index (χ4n) is 2.07. The van der Waals surface area contributed by atoms with Crippen molar-refractivity contribution in [2.75, 3.05) is 19.8 Å². The first-order valence-corrected chi connectivity index (χ1v) is 8.67. The molecule has 0 amide bonds. The molecule has 1 aliphatic heterocycles. The molecule has 1 fully saturated rings. The molecule has 7 nitrogen and oxygen atoms in total. The number of ether oxygens (including phenoxy) is 1. The highest BCUT2D eigenvalue weighted by Gasteiger charge is 2.32. The number of carbonyl (C=O) groups is 1. The maximum Gasteiger partial charge on any atom is 0.345 e. The van der Waals surface area contributed by atoms with Crippen LogP contribution < -0.4 is 4.72 Å². The lowest BCUT2D eigenvalue weighted by molar-refractivity contribution is -0.0588. The van der Waals surface area contributed by atoms with Crippen LogP contribution in [0.1, 0.15) is 27.4 Å². The van der Waals surface area contributed by atoms with E-state index in [9.17, 15) is 18.3 Å². The van der Waals surface area contributed by atoms with Gasteiger partial charge in [-0.2, -0.15) is 0 Å². The number of carboxylic acid groups (broad SMARTS) is 1. The number of aryl methyl sites for hydroxylation is 1. The van der Waals surface area contributed by atoms with Gasteiger partial charge in [0.05, 0.1) is 10.5 Å². The molecule has 3 N–H and O–H groups in total. The molecule has 9 heteroatoms. The molecule has 2 heterocycles. The van der Waals surface area contributed by atoms with Crippen molar-refractivity contribution in [3.63, 3.8) is 0 Å². The summed E-state index contributed by atoms with van der Waals surface area (Å²) in [5.74, 6) is -1.16. The molecule has 0 radical (unpaired) electrons. The van der Waals surface area contributed by atoms with E-state index in [1.165, 1.54) is 0 Å². The molecule has 1 aromatic heterocycles. The Kier molecular flexibility index (Phi) is 4.69. The molecule has 0 unspecified atom stereocenters. The molecular weight excluding hydrogens is 318 g/mol. The highest BCUT2D eigenvalue weighted by molar-refractivity contribution is 7.89. The van der Waals surface area contributed by atoms with Gasteiger partial charge < -0.3 is 14.9 Å². The monoisotopic (exact) mass is 335 g/mol. The van der Waals surface area contributed by atoms with Gasteiger partial charge in [0, 0.05) is 37.5 Å². The second-order valence-electron chi connectivity index (χ2n) is 5.00. The summed E-state index contributed by atoms with van der Waals surface area (Å²) in [5, 5.41) is 19.2. The fourth-order valence-corrected chi connectivity index (χ4v) is 4.62. The number of sulfonamides is 1. The van der Waals surface area contributed by atoms with Crippen LogP contribution in [-0.4, -0.2) is 50.0 Å². The van der Waals surface area contributed by atoms with Gasteiger partial charge >= 0.3 is 5.97 Å². The van der Waals surface area contributed by atoms with E-state index in [2.05, 4.69) is 4.72 Å². The van der Waals surface area contributed by atoms with Crippen LogP contribution in [0.5, 0.6) is 0 Å². The molecule has 0 atom stereocenters. The zero-order valence-electron chi connectivity index (χ0n) is 11.5. The summed E-state index contributed by atoms with van der Waals surface area (Å²) in [6.07, 6.45) is 0.719. The van der Waals surface area contributed by atoms with E-state index >= 15 is 0 Å². The van der Waals surface area contributed by atoms with Crippen LogP contribution in [0.2, 0.25) is 0 Å². The summed E-state index contributed by atoms with van der Waals surface area (Å²) in [7, 11) is -3.84. The minimum Gasteiger partial charge on any atom is -0.477 e. The molecule has 2 rings (SSSR count). The highest BCUT2D eigenvalue weighted by Crippen LogP contribution is 2.26. The normalized spacial score (nSPS) is 18.6. The number of aliphatic hydroxyl groups is 1. The Labute approximate surface area is 126 Å². The lowest BCUT2D eigenvalue weighted by atomic mass is 9.95. The van der Waals surface area contributed by atoms with E-state index < -0.39 is 21.6 Å². The van der Waals surface area contributed by atoms with E-state index in [1.807, 2.05) is 0 Å². The second-order valence-corrected chi connectivity index (χ2v) is 7.99. The number of hydrogen-bond acceptors (Lipinski definition) is 6. The minimum atomic E-state index is -3.84. The van der Waals surface area contributed by atoms with Crippen molar-refractivity contribution in [1.82, 2.24) is 4.72 Å². The lowest BCUT2D eigenvalue weighted by Crippen LogP contribution is -2.46. The van der Waals surface area contributed by atoms with Crippen molar-refractivity contribution in [2.45, 2.75) is 30.3 Å². The molecule has 1 aromatic rings. The third-order valence-electron chi connectivity index (χ3n) is 3.39. The summed E-state index contributed by atoms with van der Waals surface area (Å²) in [4.78, 5) is 11.2. The number of thiophene rings is 1. The SMILES string of the molecule is Cc1sc(C(=O)O)cc1S(=O)(=O)NCC1(O)CCOCC1. The van der Waals surface area contributed by atoms with E-state index in [0.29, 0.717) is 30.9 Å². The Balaban J connectivity index is 2.13. The topological polar surface area (TPSA) is 113 Å². The van der Waals surface area contributed by atoms with E-state index in [4.69, 9.17) is 9.84 Å². The van der Waals surface area contributed by atoms with Gasteiger partial charge in [0.1, 0.15) is 4.88 Å². The van der Waals surface area contributed by atoms with Gasteiger partial charge in [0.2, 0.25) is 10.0 Å². The number of rotatable bonds is 5. The van der Waals surface area contributed by atoms with Gasteiger partial charge in [-0.05, 0) is 13.0 Å². The molecule has 0 bridgehead atoms. The van der Waals surface area contributed by atoms with Crippen molar-refractivity contribution in [1.29, 1.82) is 0 Å². The molecule has 118 valence electrons. The number of nitrogens with one attached hydrogen (secondary N) is 1. The maximum absolute atomic E-state index is 12.2. The number of aromatic carboxylic acids is 1. The van der Waals surface area contributed by atoms with Gasteiger partial charge in [-0.15, -0.1) is 11.3 Å². The Morgan fingerprint density at radius 1 is 1.48 bits per heavy atom. The van der Waals surface area contributed by atoms with Crippen molar-refractivity contribution in [3.8, 4) is 0 Å². The highest BCUT2D eigenvalue weighted by atomic mass is 32.2. The molecule has 0 saturated carbocycles. The van der Waals surface area contributed by atoms with Crippen LogP contribution in [-0.2, 0) is 14.8 Å². The van der Waals surface area contributed by atoms with Crippen molar-refractivity contribution >= 4 is 27.3 Å². The average molecular weight is 335 g/mol. The van der Waals surface area contributed by atoms with Crippen LogP contribution in [0.15, 0.2) is 11.0 Å². The smallest absolute Gasteiger partial charge is 0.345 e. The molecule has 0 aliphatic carbocycles. The summed E-state index contributed by atoms with van der Waals surface area (Å²) >= 11 is 0.909. The largest absolute Gasteiger partial charge is 0.477 e. The summed E-state index contributed by atoms with van der Waals surface area (Å²) in [5.41, 5.74) is -1.12. The summed E-state index contributed by atoms with van der Waals surface area (Å²) in [6, 6.07) is 1.14. The number of carboxylic acids is 1. The van der Waals surface area contributed by atoms with Gasteiger partial charge in [-0.3, -0.25) is 0 Å². The quantitative estimate of drug-likeness (QED) is 0.725. The molecule has 0 aromatic carbocycles. The summed E-state index contributed by atoms with van der Waals surface area (Å²) in [6.45, 7) is 2.21. The van der Waals surface area contributed by atoms with Crippen molar-refractivity contribution in [2.24, 2.45) is 0 Å². The second kappa shape index (κ2) is 6.01. The van der Waals surface area contributed by atoms with Gasteiger partial charge in [-0.25, -0.2) is 17.9 Å². The van der Waals surface area contributed by atoms with Crippen molar-refractivity contribution < 1.29 is 28.2 Å². The Morgan fingerprint density at radius 3 is 2.62 bits per heavy atom. The molecule has 1 aliphatic rings. The zero-order chi connectivity index (χ0) is 15.7. The molecule has 0 spiro atoms. The fraction of sp³-hybridized carbons (Fsp3) is 0.583. The van der Waals surface area contributed by atoms with E-state index in [0.717, 1.165) is 17.4 Å². The third kappa shape index (κ3) is 3.80. The predicted molar refractivity (Wildman–Crippen MR) is 76.2 cm³/mol. The van der Waals surface area contributed by atoms with Crippen LogP contribution in [0.25, 0.3) is 0 Å². The first kappa shape index (κ1) is 16.4. The Morgan fingerprint density at radius 2 is 2.10 bits per heavy atom. The van der Waals surface area contributed by atoms with E-state index in [-0.39, 0.29) is 16.3 Å². The van der Waals surface area contributed by atoms with Crippen LogP contribution in [0.4, 0.5) is 0 Å². The van der Waals surface area contributed by atoms with Crippen molar-refractivity contribution in [3.05, 3.63) is 15.8 Å².